The number of aryl methyl sites for hydroxylation is 1. The Bertz CT molecular complexity index is 763. The lowest BCUT2D eigenvalue weighted by Gasteiger charge is -2.20. The van der Waals surface area contributed by atoms with Crippen molar-refractivity contribution in [3.05, 3.63) is 69.2 Å². The number of carbonyl (C=O) groups excluding carboxylic acids is 2. The Hall–Kier alpha value is -1.85. The molecule has 6 heteroatoms. The van der Waals surface area contributed by atoms with E-state index in [9.17, 15) is 9.59 Å². The Labute approximate surface area is 173 Å². The summed E-state index contributed by atoms with van der Waals surface area (Å²) in [5.74, 6) is -0.266. The Morgan fingerprint density at radius 2 is 1.67 bits per heavy atom. The fourth-order valence-electron chi connectivity index (χ4n) is 2.82. The van der Waals surface area contributed by atoms with Crippen LogP contribution in [0.25, 0.3) is 0 Å². The van der Waals surface area contributed by atoms with Crippen molar-refractivity contribution in [1.82, 2.24) is 10.6 Å². The number of benzene rings is 2. The van der Waals surface area contributed by atoms with Crippen molar-refractivity contribution in [2.45, 2.75) is 45.2 Å². The van der Waals surface area contributed by atoms with Gasteiger partial charge in [0.15, 0.2) is 0 Å². The number of nitrogens with one attached hydrogen (secondary N) is 2. The fraction of sp³-hybridized carbons (Fsp3) is 0.333. The second kappa shape index (κ2) is 10.5. The van der Waals surface area contributed by atoms with E-state index < -0.39 is 0 Å². The smallest absolute Gasteiger partial charge is 0.222 e. The van der Waals surface area contributed by atoms with Crippen LogP contribution in [0.3, 0.4) is 0 Å². The number of amides is 2. The molecule has 2 aromatic rings. The summed E-state index contributed by atoms with van der Waals surface area (Å²) < 4.78 is 1.05. The van der Waals surface area contributed by atoms with Gasteiger partial charge in [0.1, 0.15) is 0 Å². The molecule has 144 valence electrons. The van der Waals surface area contributed by atoms with Gasteiger partial charge in [0, 0.05) is 22.5 Å². The first kappa shape index (κ1) is 21.5. The molecule has 2 rings (SSSR count). The molecular formula is C21H24BrClN2O2. The SMILES string of the molecule is CC(=O)NC(CC(=O)NC(C)CCc1ccc(Br)cc1)c1ccc(Cl)cc1. The van der Waals surface area contributed by atoms with Crippen molar-refractivity contribution >= 4 is 39.3 Å². The van der Waals surface area contributed by atoms with E-state index in [0.29, 0.717) is 5.02 Å². The van der Waals surface area contributed by atoms with Gasteiger partial charge in [-0.15, -0.1) is 0 Å². The zero-order chi connectivity index (χ0) is 19.8. The van der Waals surface area contributed by atoms with Crippen LogP contribution in [0.15, 0.2) is 53.0 Å². The quantitative estimate of drug-likeness (QED) is 0.605. The van der Waals surface area contributed by atoms with E-state index in [2.05, 4.69) is 38.7 Å². The molecule has 0 saturated heterocycles. The Morgan fingerprint density at radius 3 is 2.26 bits per heavy atom. The second-order valence-electron chi connectivity index (χ2n) is 6.64. The average molecular weight is 452 g/mol. The molecule has 2 unspecified atom stereocenters. The van der Waals surface area contributed by atoms with Gasteiger partial charge in [-0.05, 0) is 55.2 Å². The molecule has 27 heavy (non-hydrogen) atoms. The first-order chi connectivity index (χ1) is 12.8. The van der Waals surface area contributed by atoms with E-state index in [4.69, 9.17) is 11.6 Å². The first-order valence-electron chi connectivity index (χ1n) is 8.90. The molecule has 0 aromatic heterocycles. The molecule has 0 spiro atoms. The average Bonchev–Trinajstić information content (AvgIpc) is 2.61. The normalized spacial score (nSPS) is 12.9. The standard InChI is InChI=1S/C21H24BrClN2O2/c1-14(3-4-16-5-9-18(22)10-6-16)24-21(27)13-20(25-15(2)26)17-7-11-19(23)12-8-17/h5-12,14,20H,3-4,13H2,1-2H3,(H,24,27)(H,25,26). The number of halogens is 2. The molecule has 0 aliphatic heterocycles. The molecule has 2 atom stereocenters. The summed E-state index contributed by atoms with van der Waals surface area (Å²) in [6.07, 6.45) is 1.92. The van der Waals surface area contributed by atoms with Crippen LogP contribution in [-0.4, -0.2) is 17.9 Å². The molecule has 4 nitrogen and oxygen atoms in total. The monoisotopic (exact) mass is 450 g/mol. The van der Waals surface area contributed by atoms with Gasteiger partial charge >= 0.3 is 0 Å². The van der Waals surface area contributed by atoms with Crippen LogP contribution in [-0.2, 0) is 16.0 Å². The highest BCUT2D eigenvalue weighted by atomic mass is 79.9. The van der Waals surface area contributed by atoms with E-state index in [1.54, 1.807) is 12.1 Å². The Balaban J connectivity index is 1.89. The fourth-order valence-corrected chi connectivity index (χ4v) is 3.21. The number of hydrogen-bond donors (Lipinski definition) is 2. The molecule has 2 amide bonds. The largest absolute Gasteiger partial charge is 0.354 e. The van der Waals surface area contributed by atoms with Gasteiger partial charge in [0.25, 0.3) is 0 Å². The molecule has 2 aromatic carbocycles. The topological polar surface area (TPSA) is 58.2 Å². The minimum atomic E-state index is -0.376. The van der Waals surface area contributed by atoms with Crippen LogP contribution < -0.4 is 10.6 Å². The van der Waals surface area contributed by atoms with Gasteiger partial charge in [-0.25, -0.2) is 0 Å². The molecule has 0 heterocycles. The zero-order valence-corrected chi connectivity index (χ0v) is 17.8. The van der Waals surface area contributed by atoms with Crippen LogP contribution in [0.4, 0.5) is 0 Å². The van der Waals surface area contributed by atoms with Gasteiger partial charge in [0.2, 0.25) is 11.8 Å². The summed E-state index contributed by atoms with van der Waals surface area (Å²) in [5.41, 5.74) is 2.09. The van der Waals surface area contributed by atoms with Crippen LogP contribution in [0.2, 0.25) is 5.02 Å². The van der Waals surface area contributed by atoms with E-state index >= 15 is 0 Å². The van der Waals surface area contributed by atoms with Crippen LogP contribution in [0, 0.1) is 0 Å². The van der Waals surface area contributed by atoms with Gasteiger partial charge < -0.3 is 10.6 Å². The summed E-state index contributed by atoms with van der Waals surface area (Å²) >= 11 is 9.35. The second-order valence-corrected chi connectivity index (χ2v) is 7.99. The van der Waals surface area contributed by atoms with Gasteiger partial charge in [-0.3, -0.25) is 9.59 Å². The van der Waals surface area contributed by atoms with Crippen molar-refractivity contribution in [2.75, 3.05) is 0 Å². The zero-order valence-electron chi connectivity index (χ0n) is 15.5. The molecule has 0 saturated carbocycles. The highest BCUT2D eigenvalue weighted by Crippen LogP contribution is 2.20. The highest BCUT2D eigenvalue weighted by molar-refractivity contribution is 9.10. The maximum atomic E-state index is 12.4. The predicted octanol–water partition coefficient (Wildman–Crippen LogP) is 4.81. The van der Waals surface area contributed by atoms with Crippen LogP contribution in [0.5, 0.6) is 0 Å². The minimum absolute atomic E-state index is 0.0457. The maximum Gasteiger partial charge on any atom is 0.222 e. The van der Waals surface area contributed by atoms with E-state index in [0.717, 1.165) is 22.9 Å². The molecule has 0 bridgehead atoms. The van der Waals surface area contributed by atoms with Crippen molar-refractivity contribution in [1.29, 1.82) is 0 Å². The maximum absolute atomic E-state index is 12.4. The van der Waals surface area contributed by atoms with Crippen molar-refractivity contribution < 1.29 is 9.59 Å². The summed E-state index contributed by atoms with van der Waals surface area (Å²) in [7, 11) is 0. The van der Waals surface area contributed by atoms with E-state index in [1.807, 2.05) is 31.2 Å². The summed E-state index contributed by atoms with van der Waals surface area (Å²) in [6, 6.07) is 15.0. The first-order valence-corrected chi connectivity index (χ1v) is 10.1. The Morgan fingerprint density at radius 1 is 1.04 bits per heavy atom. The van der Waals surface area contributed by atoms with Crippen LogP contribution >= 0.6 is 27.5 Å². The third-order valence-electron chi connectivity index (χ3n) is 4.23. The molecule has 0 radical (unpaired) electrons. The molecule has 0 aliphatic rings. The van der Waals surface area contributed by atoms with Gasteiger partial charge in [-0.2, -0.15) is 0 Å². The number of hydrogen-bond acceptors (Lipinski definition) is 2. The van der Waals surface area contributed by atoms with Crippen molar-refractivity contribution in [3.8, 4) is 0 Å². The number of rotatable bonds is 8. The lowest BCUT2D eigenvalue weighted by Crippen LogP contribution is -2.37. The molecule has 0 fully saturated rings. The Kier molecular flexibility index (Phi) is 8.32. The molecule has 2 N–H and O–H groups in total. The number of carbonyl (C=O) groups is 2. The minimum Gasteiger partial charge on any atom is -0.354 e. The molecular weight excluding hydrogens is 428 g/mol. The van der Waals surface area contributed by atoms with Crippen molar-refractivity contribution in [3.63, 3.8) is 0 Å². The van der Waals surface area contributed by atoms with Gasteiger partial charge in [-0.1, -0.05) is 51.8 Å². The van der Waals surface area contributed by atoms with E-state index in [-0.39, 0.29) is 30.3 Å². The predicted molar refractivity (Wildman–Crippen MR) is 113 cm³/mol. The van der Waals surface area contributed by atoms with Gasteiger partial charge in [0.05, 0.1) is 12.5 Å². The van der Waals surface area contributed by atoms with Crippen molar-refractivity contribution in [2.24, 2.45) is 0 Å². The van der Waals surface area contributed by atoms with E-state index in [1.165, 1.54) is 12.5 Å². The summed E-state index contributed by atoms with van der Waals surface area (Å²) in [6.45, 7) is 3.44. The lowest BCUT2D eigenvalue weighted by molar-refractivity contribution is -0.123. The molecule has 0 aliphatic carbocycles. The van der Waals surface area contributed by atoms with Crippen LogP contribution in [0.1, 0.15) is 43.9 Å². The third-order valence-corrected chi connectivity index (χ3v) is 5.01. The summed E-state index contributed by atoms with van der Waals surface area (Å²) in [5, 5.41) is 6.47. The third kappa shape index (κ3) is 7.73. The summed E-state index contributed by atoms with van der Waals surface area (Å²) in [4.78, 5) is 24.0. The highest BCUT2D eigenvalue weighted by Gasteiger charge is 2.18. The lowest BCUT2D eigenvalue weighted by atomic mass is 10.0.